The summed E-state index contributed by atoms with van der Waals surface area (Å²) < 4.78 is 22.1. The molecule has 0 aromatic heterocycles. The van der Waals surface area contributed by atoms with Crippen LogP contribution in [-0.2, 0) is 15.9 Å². The molecule has 5 nitrogen and oxygen atoms in total. The molecule has 0 saturated heterocycles. The van der Waals surface area contributed by atoms with Gasteiger partial charge in [-0.25, -0.2) is 0 Å². The van der Waals surface area contributed by atoms with Gasteiger partial charge in [-0.3, -0.25) is 4.79 Å². The van der Waals surface area contributed by atoms with E-state index in [1.165, 1.54) is 5.56 Å². The first-order valence-electron chi connectivity index (χ1n) is 11.4. The molecule has 0 aliphatic rings. The first-order chi connectivity index (χ1) is 17.2. The fraction of sp³-hybridized carbons (Fsp3) is 0.167. The molecule has 4 aromatic carbocycles. The Kier molecular flexibility index (Phi) is 8.65. The van der Waals surface area contributed by atoms with Crippen LogP contribution < -0.4 is 9.47 Å². The number of hydrogen-bond acceptors (Lipinski definition) is 5. The summed E-state index contributed by atoms with van der Waals surface area (Å²) >= 11 is 0. The summed E-state index contributed by atoms with van der Waals surface area (Å²) in [5.41, 5.74) is 4.95. The van der Waals surface area contributed by atoms with Gasteiger partial charge in [-0.1, -0.05) is 54.6 Å². The summed E-state index contributed by atoms with van der Waals surface area (Å²) in [6.45, 7) is 1.04. The minimum atomic E-state index is 0.228. The van der Waals surface area contributed by atoms with Crippen LogP contribution in [0, 0.1) is 0 Å². The number of ether oxygens (including phenoxy) is 4. The van der Waals surface area contributed by atoms with Crippen molar-refractivity contribution in [2.24, 2.45) is 0 Å². The largest absolute Gasteiger partial charge is 0.491 e. The maximum atomic E-state index is 11.3. The van der Waals surface area contributed by atoms with E-state index in [-0.39, 0.29) is 6.79 Å². The van der Waals surface area contributed by atoms with Gasteiger partial charge in [0, 0.05) is 19.1 Å². The smallest absolute Gasteiger partial charge is 0.150 e. The first-order valence-corrected chi connectivity index (χ1v) is 11.4. The van der Waals surface area contributed by atoms with Crippen LogP contribution in [0.4, 0.5) is 0 Å². The van der Waals surface area contributed by atoms with E-state index in [4.69, 9.17) is 18.9 Å². The number of carbonyl (C=O) groups excluding carboxylic acids is 1. The van der Waals surface area contributed by atoms with Crippen molar-refractivity contribution in [2.45, 2.75) is 6.42 Å². The normalized spacial score (nSPS) is 10.7. The Labute approximate surface area is 205 Å². The molecule has 0 spiro atoms. The van der Waals surface area contributed by atoms with E-state index in [0.717, 1.165) is 40.2 Å². The molecule has 0 N–H and O–H groups in total. The molecule has 0 unspecified atom stereocenters. The van der Waals surface area contributed by atoms with Gasteiger partial charge in [0.2, 0.25) is 0 Å². The zero-order valence-corrected chi connectivity index (χ0v) is 19.7. The molecule has 0 radical (unpaired) electrons. The first kappa shape index (κ1) is 24.2. The van der Waals surface area contributed by atoms with Crippen LogP contribution >= 0.6 is 0 Å². The summed E-state index contributed by atoms with van der Waals surface area (Å²) in [5.74, 6) is 2.27. The molecule has 0 aliphatic carbocycles. The van der Waals surface area contributed by atoms with E-state index in [0.29, 0.717) is 25.2 Å². The fourth-order valence-corrected chi connectivity index (χ4v) is 3.68. The van der Waals surface area contributed by atoms with Crippen molar-refractivity contribution in [1.82, 2.24) is 0 Å². The number of carbonyl (C=O) groups is 1. The zero-order valence-electron chi connectivity index (χ0n) is 19.7. The number of methoxy groups -OCH3 is 1. The van der Waals surface area contributed by atoms with Crippen LogP contribution in [0.1, 0.15) is 21.5 Å². The number of aldehydes is 1. The maximum Gasteiger partial charge on any atom is 0.150 e. The number of benzene rings is 4. The van der Waals surface area contributed by atoms with Crippen LogP contribution in [-0.4, -0.2) is 33.4 Å². The third-order valence-corrected chi connectivity index (χ3v) is 5.42. The van der Waals surface area contributed by atoms with Crippen molar-refractivity contribution in [3.8, 4) is 28.4 Å². The van der Waals surface area contributed by atoms with Crippen LogP contribution in [0.2, 0.25) is 0 Å². The average Bonchev–Trinajstić information content (AvgIpc) is 2.91. The standard InChI is InChI=1S/C30H28O5/c1-32-22-33-17-18-34-30-16-9-24(21-31)20-27(30)19-23-7-12-28(13-8-23)35-29-14-10-26(11-15-29)25-5-3-2-4-6-25/h2-16,20-21H,17-19,22H2,1H3. The van der Waals surface area contributed by atoms with Crippen molar-refractivity contribution in [1.29, 1.82) is 0 Å². The Morgan fingerprint density at radius 3 is 2.11 bits per heavy atom. The van der Waals surface area contributed by atoms with E-state index >= 15 is 0 Å². The lowest BCUT2D eigenvalue weighted by molar-refractivity contribution is -0.0388. The molecule has 0 amide bonds. The summed E-state index contributed by atoms with van der Waals surface area (Å²) in [6.07, 6.45) is 1.47. The molecular formula is C30H28O5. The van der Waals surface area contributed by atoms with Gasteiger partial charge in [0.15, 0.2) is 0 Å². The van der Waals surface area contributed by atoms with Crippen LogP contribution in [0.25, 0.3) is 11.1 Å². The molecule has 0 heterocycles. The number of rotatable bonds is 12. The van der Waals surface area contributed by atoms with Gasteiger partial charge in [0.1, 0.15) is 36.9 Å². The molecule has 0 saturated carbocycles. The predicted molar refractivity (Wildman–Crippen MR) is 136 cm³/mol. The van der Waals surface area contributed by atoms with Crippen molar-refractivity contribution in [2.75, 3.05) is 27.1 Å². The molecule has 0 atom stereocenters. The molecular weight excluding hydrogens is 440 g/mol. The molecule has 4 rings (SSSR count). The lowest BCUT2D eigenvalue weighted by atomic mass is 10.0. The van der Waals surface area contributed by atoms with Gasteiger partial charge in [-0.05, 0) is 64.7 Å². The third kappa shape index (κ3) is 7.03. The second-order valence-corrected chi connectivity index (χ2v) is 7.96. The second-order valence-electron chi connectivity index (χ2n) is 7.96. The molecule has 0 aliphatic heterocycles. The summed E-state index contributed by atoms with van der Waals surface area (Å²) in [4.78, 5) is 11.3. The second kappa shape index (κ2) is 12.5. The minimum Gasteiger partial charge on any atom is -0.491 e. The zero-order chi connectivity index (χ0) is 24.3. The lowest BCUT2D eigenvalue weighted by Crippen LogP contribution is -2.09. The highest BCUT2D eigenvalue weighted by molar-refractivity contribution is 5.75. The minimum absolute atomic E-state index is 0.228. The van der Waals surface area contributed by atoms with Crippen molar-refractivity contribution >= 4 is 6.29 Å². The molecule has 4 aromatic rings. The van der Waals surface area contributed by atoms with Crippen LogP contribution in [0.5, 0.6) is 17.2 Å². The Hall–Kier alpha value is -3.93. The number of hydrogen-bond donors (Lipinski definition) is 0. The highest BCUT2D eigenvalue weighted by atomic mass is 16.7. The van der Waals surface area contributed by atoms with Crippen molar-refractivity contribution in [3.05, 3.63) is 114 Å². The van der Waals surface area contributed by atoms with E-state index in [1.54, 1.807) is 13.2 Å². The van der Waals surface area contributed by atoms with Crippen LogP contribution in [0.3, 0.4) is 0 Å². The van der Waals surface area contributed by atoms with Crippen LogP contribution in [0.15, 0.2) is 97.1 Å². The predicted octanol–water partition coefficient (Wildman–Crippen LogP) is 6.55. The SMILES string of the molecule is COCOCCOc1ccc(C=O)cc1Cc1ccc(Oc2ccc(-c3ccccc3)cc2)cc1. The fourth-order valence-electron chi connectivity index (χ4n) is 3.68. The molecule has 5 heteroatoms. The van der Waals surface area contributed by atoms with E-state index in [9.17, 15) is 4.79 Å². The van der Waals surface area contributed by atoms with Gasteiger partial charge in [0.05, 0.1) is 6.61 Å². The summed E-state index contributed by atoms with van der Waals surface area (Å²) in [7, 11) is 1.58. The highest BCUT2D eigenvalue weighted by Gasteiger charge is 2.08. The Morgan fingerprint density at radius 1 is 0.743 bits per heavy atom. The quantitative estimate of drug-likeness (QED) is 0.134. The monoisotopic (exact) mass is 468 g/mol. The van der Waals surface area contributed by atoms with Gasteiger partial charge in [-0.15, -0.1) is 0 Å². The van der Waals surface area contributed by atoms with E-state index in [1.807, 2.05) is 66.7 Å². The lowest BCUT2D eigenvalue weighted by Gasteiger charge is -2.13. The van der Waals surface area contributed by atoms with Crippen molar-refractivity contribution in [3.63, 3.8) is 0 Å². The van der Waals surface area contributed by atoms with Gasteiger partial charge in [0.25, 0.3) is 0 Å². The molecule has 178 valence electrons. The van der Waals surface area contributed by atoms with Gasteiger partial charge < -0.3 is 18.9 Å². The Balaban J connectivity index is 1.39. The molecule has 0 bridgehead atoms. The Morgan fingerprint density at radius 2 is 1.43 bits per heavy atom. The summed E-state index contributed by atoms with van der Waals surface area (Å²) in [5, 5.41) is 0. The molecule has 35 heavy (non-hydrogen) atoms. The van der Waals surface area contributed by atoms with Gasteiger partial charge in [-0.2, -0.15) is 0 Å². The average molecular weight is 469 g/mol. The van der Waals surface area contributed by atoms with E-state index < -0.39 is 0 Å². The Bertz CT molecular complexity index is 1200. The molecule has 0 fully saturated rings. The highest BCUT2D eigenvalue weighted by Crippen LogP contribution is 2.28. The van der Waals surface area contributed by atoms with E-state index in [2.05, 4.69) is 24.3 Å². The topological polar surface area (TPSA) is 54.0 Å². The van der Waals surface area contributed by atoms with Gasteiger partial charge >= 0.3 is 0 Å². The van der Waals surface area contributed by atoms with Crippen molar-refractivity contribution < 1.29 is 23.7 Å². The summed E-state index contributed by atoms with van der Waals surface area (Å²) in [6, 6.07) is 31.7. The third-order valence-electron chi connectivity index (χ3n) is 5.42. The maximum absolute atomic E-state index is 11.3.